The minimum Gasteiger partial charge on any atom is -0.351 e. The van der Waals surface area contributed by atoms with Gasteiger partial charge in [-0.2, -0.15) is 0 Å². The van der Waals surface area contributed by atoms with E-state index in [1.54, 1.807) is 36.1 Å². The summed E-state index contributed by atoms with van der Waals surface area (Å²) in [5.74, 6) is -0.369. The zero-order chi connectivity index (χ0) is 18.4. The van der Waals surface area contributed by atoms with Gasteiger partial charge in [-0.25, -0.2) is 0 Å². The molecule has 1 aliphatic rings. The van der Waals surface area contributed by atoms with Gasteiger partial charge in [-0.3, -0.25) is 14.4 Å². The number of rotatable bonds is 5. The zero-order valence-corrected chi connectivity index (χ0v) is 15.1. The molecule has 1 atom stereocenters. The predicted molar refractivity (Wildman–Crippen MR) is 96.0 cm³/mol. The van der Waals surface area contributed by atoms with E-state index in [2.05, 4.69) is 10.6 Å². The normalized spacial score (nSPS) is 16.4. The summed E-state index contributed by atoms with van der Waals surface area (Å²) in [4.78, 5) is 38.1. The molecule has 0 saturated carbocycles. The van der Waals surface area contributed by atoms with Crippen molar-refractivity contribution in [3.05, 3.63) is 35.9 Å². The predicted octanol–water partition coefficient (Wildman–Crippen LogP) is 1.57. The minimum atomic E-state index is -0.585. The van der Waals surface area contributed by atoms with E-state index < -0.39 is 6.04 Å². The highest BCUT2D eigenvalue weighted by Crippen LogP contribution is 2.12. The summed E-state index contributed by atoms with van der Waals surface area (Å²) < 4.78 is 0. The second-order valence-electron chi connectivity index (χ2n) is 6.85. The van der Waals surface area contributed by atoms with Gasteiger partial charge in [-0.1, -0.05) is 32.0 Å². The Morgan fingerprint density at radius 3 is 2.20 bits per heavy atom. The van der Waals surface area contributed by atoms with Crippen LogP contribution >= 0.6 is 0 Å². The molecular weight excluding hydrogens is 318 g/mol. The molecule has 0 aliphatic carbocycles. The molecule has 6 nitrogen and oxygen atoms in total. The van der Waals surface area contributed by atoms with Gasteiger partial charge >= 0.3 is 0 Å². The first-order valence-corrected chi connectivity index (χ1v) is 8.80. The molecule has 1 aromatic carbocycles. The van der Waals surface area contributed by atoms with Crippen LogP contribution in [0.4, 0.5) is 0 Å². The standard InChI is InChI=1S/C19H27N3O3/c1-13(2)17(21-18(24)15-7-5-4-6-8-15)19(25)20-16-9-11-22(12-10-16)14(3)23/h4-8,13,16-17H,9-12H2,1-3H3,(H,20,25)(H,21,24)/t17-/m0/s1. The third-order valence-corrected chi connectivity index (χ3v) is 4.56. The minimum absolute atomic E-state index is 0.0232. The van der Waals surface area contributed by atoms with Crippen LogP contribution in [0.5, 0.6) is 0 Å². The summed E-state index contributed by atoms with van der Waals surface area (Å²) in [6.07, 6.45) is 1.48. The maximum Gasteiger partial charge on any atom is 0.251 e. The second kappa shape index (κ2) is 8.65. The number of nitrogens with zero attached hydrogens (tertiary/aromatic N) is 1. The van der Waals surface area contributed by atoms with Gasteiger partial charge in [0.25, 0.3) is 5.91 Å². The fourth-order valence-electron chi connectivity index (χ4n) is 2.98. The van der Waals surface area contributed by atoms with Crippen LogP contribution in [0, 0.1) is 5.92 Å². The molecule has 0 radical (unpaired) electrons. The van der Waals surface area contributed by atoms with E-state index in [-0.39, 0.29) is 29.7 Å². The number of hydrogen-bond acceptors (Lipinski definition) is 3. The third kappa shape index (κ3) is 5.31. The Bertz CT molecular complexity index is 608. The Hall–Kier alpha value is -2.37. The highest BCUT2D eigenvalue weighted by molar-refractivity contribution is 5.97. The van der Waals surface area contributed by atoms with Crippen molar-refractivity contribution in [3.8, 4) is 0 Å². The van der Waals surface area contributed by atoms with Crippen LogP contribution in [-0.4, -0.2) is 47.8 Å². The summed E-state index contributed by atoms with van der Waals surface area (Å²) in [5.41, 5.74) is 0.538. The van der Waals surface area contributed by atoms with Crippen molar-refractivity contribution in [1.29, 1.82) is 0 Å². The lowest BCUT2D eigenvalue weighted by Gasteiger charge is -2.33. The van der Waals surface area contributed by atoms with Crippen LogP contribution in [0.3, 0.4) is 0 Å². The number of benzene rings is 1. The van der Waals surface area contributed by atoms with E-state index in [9.17, 15) is 14.4 Å². The van der Waals surface area contributed by atoms with Crippen molar-refractivity contribution in [2.24, 2.45) is 5.92 Å². The lowest BCUT2D eigenvalue weighted by molar-refractivity contribution is -0.130. The summed E-state index contributed by atoms with van der Waals surface area (Å²) in [6, 6.07) is 8.34. The molecule has 2 rings (SSSR count). The van der Waals surface area contributed by atoms with Crippen LogP contribution in [-0.2, 0) is 9.59 Å². The Morgan fingerprint density at radius 1 is 1.08 bits per heavy atom. The van der Waals surface area contributed by atoms with Gasteiger partial charge in [0, 0.05) is 31.6 Å². The fraction of sp³-hybridized carbons (Fsp3) is 0.526. The number of likely N-dealkylation sites (tertiary alicyclic amines) is 1. The van der Waals surface area contributed by atoms with Crippen molar-refractivity contribution < 1.29 is 14.4 Å². The molecule has 2 N–H and O–H groups in total. The van der Waals surface area contributed by atoms with Crippen LogP contribution in [0.1, 0.15) is 44.0 Å². The number of piperidine rings is 1. The number of hydrogen-bond donors (Lipinski definition) is 2. The Balaban J connectivity index is 1.92. The lowest BCUT2D eigenvalue weighted by Crippen LogP contribution is -2.54. The largest absolute Gasteiger partial charge is 0.351 e. The number of amides is 3. The molecule has 0 unspecified atom stereocenters. The maximum absolute atomic E-state index is 12.6. The van der Waals surface area contributed by atoms with E-state index in [1.807, 2.05) is 19.9 Å². The van der Waals surface area contributed by atoms with Gasteiger partial charge in [0.15, 0.2) is 0 Å². The third-order valence-electron chi connectivity index (χ3n) is 4.56. The monoisotopic (exact) mass is 345 g/mol. The molecule has 25 heavy (non-hydrogen) atoms. The topological polar surface area (TPSA) is 78.5 Å². The summed E-state index contributed by atoms with van der Waals surface area (Å²) in [6.45, 7) is 6.70. The van der Waals surface area contributed by atoms with Crippen LogP contribution in [0.15, 0.2) is 30.3 Å². The van der Waals surface area contributed by atoms with Gasteiger partial charge in [0.1, 0.15) is 6.04 Å². The molecule has 136 valence electrons. The van der Waals surface area contributed by atoms with Crippen molar-refractivity contribution >= 4 is 17.7 Å². The van der Waals surface area contributed by atoms with E-state index in [4.69, 9.17) is 0 Å². The zero-order valence-electron chi connectivity index (χ0n) is 15.1. The number of nitrogens with one attached hydrogen (secondary N) is 2. The van der Waals surface area contributed by atoms with Gasteiger partial charge in [0.05, 0.1) is 0 Å². The molecule has 1 heterocycles. The molecule has 3 amide bonds. The van der Waals surface area contributed by atoms with Gasteiger partial charge in [-0.05, 0) is 30.9 Å². The molecule has 1 aromatic rings. The number of carbonyl (C=O) groups excluding carboxylic acids is 3. The van der Waals surface area contributed by atoms with Crippen LogP contribution in [0.2, 0.25) is 0 Å². The van der Waals surface area contributed by atoms with Gasteiger partial charge < -0.3 is 15.5 Å². The first kappa shape index (κ1) is 19.0. The molecule has 1 saturated heterocycles. The van der Waals surface area contributed by atoms with Crippen molar-refractivity contribution in [2.75, 3.05) is 13.1 Å². The van der Waals surface area contributed by atoms with Crippen LogP contribution in [0.25, 0.3) is 0 Å². The van der Waals surface area contributed by atoms with E-state index >= 15 is 0 Å². The first-order valence-electron chi connectivity index (χ1n) is 8.80. The van der Waals surface area contributed by atoms with Crippen molar-refractivity contribution in [3.63, 3.8) is 0 Å². The Morgan fingerprint density at radius 2 is 1.68 bits per heavy atom. The van der Waals surface area contributed by atoms with Crippen molar-refractivity contribution in [2.45, 2.75) is 45.7 Å². The SMILES string of the molecule is CC(=O)N1CCC(NC(=O)[C@@H](NC(=O)c2ccccc2)C(C)C)CC1. The first-order chi connectivity index (χ1) is 11.9. The van der Waals surface area contributed by atoms with Gasteiger partial charge in [-0.15, -0.1) is 0 Å². The Kier molecular flexibility index (Phi) is 6.56. The molecule has 1 fully saturated rings. The quantitative estimate of drug-likeness (QED) is 0.850. The summed E-state index contributed by atoms with van der Waals surface area (Å²) in [7, 11) is 0. The lowest BCUT2D eigenvalue weighted by atomic mass is 10.00. The molecule has 6 heteroatoms. The van der Waals surface area contributed by atoms with E-state index in [1.165, 1.54) is 0 Å². The van der Waals surface area contributed by atoms with Crippen molar-refractivity contribution in [1.82, 2.24) is 15.5 Å². The molecular formula is C19H27N3O3. The average Bonchev–Trinajstić information content (AvgIpc) is 2.60. The Labute approximate surface area is 149 Å². The highest BCUT2D eigenvalue weighted by atomic mass is 16.2. The summed E-state index contributed by atoms with van der Waals surface area (Å²) in [5, 5.41) is 5.86. The van der Waals surface area contributed by atoms with Crippen LogP contribution < -0.4 is 10.6 Å². The highest BCUT2D eigenvalue weighted by Gasteiger charge is 2.28. The second-order valence-corrected chi connectivity index (χ2v) is 6.85. The maximum atomic E-state index is 12.6. The number of carbonyl (C=O) groups is 3. The molecule has 1 aliphatic heterocycles. The molecule has 0 bridgehead atoms. The van der Waals surface area contributed by atoms with E-state index in [0.29, 0.717) is 18.7 Å². The molecule has 0 aromatic heterocycles. The fourth-order valence-corrected chi connectivity index (χ4v) is 2.98. The van der Waals surface area contributed by atoms with Gasteiger partial charge in [0.2, 0.25) is 11.8 Å². The average molecular weight is 345 g/mol. The van der Waals surface area contributed by atoms with E-state index in [0.717, 1.165) is 12.8 Å². The smallest absolute Gasteiger partial charge is 0.251 e. The molecule has 0 spiro atoms. The summed E-state index contributed by atoms with van der Waals surface area (Å²) >= 11 is 0.